The first-order valence-corrected chi connectivity index (χ1v) is 11.0. The van der Waals surface area contributed by atoms with E-state index >= 15 is 0 Å². The van der Waals surface area contributed by atoms with Crippen LogP contribution < -0.4 is 10.6 Å². The molecule has 2 heterocycles. The Morgan fingerprint density at radius 1 is 1.14 bits per heavy atom. The van der Waals surface area contributed by atoms with Gasteiger partial charge in [0.2, 0.25) is 5.96 Å². The average Bonchev–Trinajstić information content (AvgIpc) is 3.16. The highest BCUT2D eigenvalue weighted by Crippen LogP contribution is 2.36. The van der Waals surface area contributed by atoms with Crippen LogP contribution in [-0.2, 0) is 16.6 Å². The zero-order valence-corrected chi connectivity index (χ0v) is 17.4. The van der Waals surface area contributed by atoms with Crippen LogP contribution >= 0.6 is 0 Å². The normalized spacial score (nSPS) is 14.8. The van der Waals surface area contributed by atoms with Crippen LogP contribution in [0.15, 0.2) is 64.2 Å². The maximum atomic E-state index is 12.8. The van der Waals surface area contributed by atoms with Gasteiger partial charge in [-0.1, -0.05) is 38.1 Å². The monoisotopic (exact) mass is 409 g/mol. The molecule has 1 aromatic heterocycles. The number of rotatable bonds is 4. The van der Waals surface area contributed by atoms with Gasteiger partial charge in [-0.15, -0.1) is 4.40 Å². The van der Waals surface area contributed by atoms with Gasteiger partial charge in [0.05, 0.1) is 11.9 Å². The Morgan fingerprint density at radius 2 is 1.90 bits per heavy atom. The SMILES string of the molecule is CCn1cc(-c2cccc3c2NC(Nc2ccc(C(C)C)cc2)=NS3(=O)=O)cn1. The van der Waals surface area contributed by atoms with Crippen LogP contribution in [0.5, 0.6) is 0 Å². The number of hydrogen-bond acceptors (Lipinski definition) is 5. The fraction of sp³-hybridized carbons (Fsp3) is 0.238. The van der Waals surface area contributed by atoms with Crippen molar-refractivity contribution in [3.8, 4) is 11.1 Å². The van der Waals surface area contributed by atoms with Gasteiger partial charge in [-0.25, -0.2) is 0 Å². The van der Waals surface area contributed by atoms with Gasteiger partial charge in [0, 0.05) is 29.6 Å². The van der Waals surface area contributed by atoms with Crippen molar-refractivity contribution >= 4 is 27.4 Å². The maximum Gasteiger partial charge on any atom is 0.287 e. The minimum Gasteiger partial charge on any atom is -0.325 e. The van der Waals surface area contributed by atoms with Crippen LogP contribution in [0.3, 0.4) is 0 Å². The van der Waals surface area contributed by atoms with Gasteiger partial charge in [-0.2, -0.15) is 13.5 Å². The van der Waals surface area contributed by atoms with Gasteiger partial charge in [-0.05, 0) is 36.6 Å². The van der Waals surface area contributed by atoms with E-state index in [9.17, 15) is 8.42 Å². The molecule has 29 heavy (non-hydrogen) atoms. The highest BCUT2D eigenvalue weighted by Gasteiger charge is 2.27. The molecular formula is C21H23N5O2S. The highest BCUT2D eigenvalue weighted by atomic mass is 32.2. The summed E-state index contributed by atoms with van der Waals surface area (Å²) < 4.78 is 31.3. The summed E-state index contributed by atoms with van der Waals surface area (Å²) in [7, 11) is -3.83. The number of guanidine groups is 1. The number of hydrogen-bond donors (Lipinski definition) is 2. The summed E-state index contributed by atoms with van der Waals surface area (Å²) >= 11 is 0. The molecule has 3 aromatic rings. The van der Waals surface area contributed by atoms with E-state index in [0.29, 0.717) is 11.6 Å². The van der Waals surface area contributed by atoms with Gasteiger partial charge in [-0.3, -0.25) is 4.68 Å². The average molecular weight is 410 g/mol. The number of aryl methyl sites for hydroxylation is 1. The highest BCUT2D eigenvalue weighted by molar-refractivity contribution is 7.90. The summed E-state index contributed by atoms with van der Waals surface area (Å²) in [6, 6.07) is 13.0. The molecule has 4 rings (SSSR count). The lowest BCUT2D eigenvalue weighted by atomic mass is 10.0. The second-order valence-corrected chi connectivity index (χ2v) is 8.78. The number of para-hydroxylation sites is 1. The van der Waals surface area contributed by atoms with Crippen molar-refractivity contribution in [2.45, 2.75) is 38.1 Å². The third kappa shape index (κ3) is 3.75. The van der Waals surface area contributed by atoms with E-state index in [2.05, 4.69) is 34.0 Å². The number of fused-ring (bicyclic) bond motifs is 1. The standard InChI is InChI=1S/C21H23N5O2S/c1-4-26-13-16(12-22-26)18-6-5-7-19-20(18)24-21(25-29(19,27)28)23-17-10-8-15(9-11-17)14(2)3/h5-14H,4H2,1-3H3,(H2,23,24,25). The molecule has 0 saturated carbocycles. The molecule has 2 aromatic carbocycles. The molecule has 1 aliphatic rings. The van der Waals surface area contributed by atoms with Crippen LogP contribution in [0.2, 0.25) is 0 Å². The minimum atomic E-state index is -3.83. The summed E-state index contributed by atoms with van der Waals surface area (Å²) in [4.78, 5) is 0.153. The Balaban J connectivity index is 1.69. The maximum absolute atomic E-state index is 12.8. The Kier molecular flexibility index (Phi) is 4.87. The lowest BCUT2D eigenvalue weighted by Gasteiger charge is -2.21. The fourth-order valence-electron chi connectivity index (χ4n) is 3.24. The number of sulfonamides is 1. The first-order valence-electron chi connectivity index (χ1n) is 9.52. The molecule has 8 heteroatoms. The molecule has 0 bridgehead atoms. The number of anilines is 2. The first kappa shape index (κ1) is 19.2. The second kappa shape index (κ2) is 7.36. The van der Waals surface area contributed by atoms with E-state index in [0.717, 1.165) is 23.4 Å². The van der Waals surface area contributed by atoms with E-state index in [1.54, 1.807) is 23.0 Å². The molecular weight excluding hydrogens is 386 g/mol. The van der Waals surface area contributed by atoms with Crippen molar-refractivity contribution < 1.29 is 8.42 Å². The molecule has 0 amide bonds. The van der Waals surface area contributed by atoms with E-state index < -0.39 is 10.0 Å². The van der Waals surface area contributed by atoms with Gasteiger partial charge in [0.1, 0.15) is 4.90 Å². The molecule has 0 radical (unpaired) electrons. The summed E-state index contributed by atoms with van der Waals surface area (Å²) in [5.74, 6) is 0.596. The van der Waals surface area contributed by atoms with Crippen molar-refractivity contribution in [3.05, 3.63) is 60.4 Å². The molecule has 2 N–H and O–H groups in total. The van der Waals surface area contributed by atoms with Crippen molar-refractivity contribution in [1.82, 2.24) is 9.78 Å². The summed E-state index contributed by atoms with van der Waals surface area (Å²) in [5.41, 5.74) is 4.07. The first-order chi connectivity index (χ1) is 13.9. The van der Waals surface area contributed by atoms with Gasteiger partial charge in [0.25, 0.3) is 10.0 Å². The van der Waals surface area contributed by atoms with E-state index in [1.807, 2.05) is 43.5 Å². The van der Waals surface area contributed by atoms with Crippen LogP contribution in [-0.4, -0.2) is 24.2 Å². The molecule has 0 atom stereocenters. The number of nitrogens with one attached hydrogen (secondary N) is 2. The zero-order valence-electron chi connectivity index (χ0n) is 16.5. The molecule has 150 valence electrons. The fourth-order valence-corrected chi connectivity index (χ4v) is 4.34. The number of aromatic nitrogens is 2. The number of benzene rings is 2. The largest absolute Gasteiger partial charge is 0.325 e. The number of nitrogens with zero attached hydrogens (tertiary/aromatic N) is 3. The lowest BCUT2D eigenvalue weighted by molar-refractivity contribution is 0.598. The van der Waals surface area contributed by atoms with Crippen LogP contribution in [0, 0.1) is 0 Å². The smallest absolute Gasteiger partial charge is 0.287 e. The Labute approximate surface area is 170 Å². The molecule has 0 saturated heterocycles. The molecule has 7 nitrogen and oxygen atoms in total. The van der Waals surface area contributed by atoms with Crippen LogP contribution in [0.4, 0.5) is 11.4 Å². The van der Waals surface area contributed by atoms with Gasteiger partial charge >= 0.3 is 0 Å². The predicted molar refractivity (Wildman–Crippen MR) is 116 cm³/mol. The third-order valence-electron chi connectivity index (χ3n) is 4.87. The summed E-state index contributed by atoms with van der Waals surface area (Å²) in [6.45, 7) is 6.99. The topological polar surface area (TPSA) is 88.4 Å². The zero-order chi connectivity index (χ0) is 20.6. The molecule has 0 spiro atoms. The molecule has 0 aliphatic carbocycles. The minimum absolute atomic E-state index is 0.153. The lowest BCUT2D eigenvalue weighted by Crippen LogP contribution is -2.28. The van der Waals surface area contributed by atoms with Crippen LogP contribution in [0.25, 0.3) is 11.1 Å². The van der Waals surface area contributed by atoms with Crippen LogP contribution in [0.1, 0.15) is 32.3 Å². The van der Waals surface area contributed by atoms with E-state index in [4.69, 9.17) is 0 Å². The van der Waals surface area contributed by atoms with Crippen molar-refractivity contribution in [2.24, 2.45) is 4.40 Å². The van der Waals surface area contributed by atoms with E-state index in [1.165, 1.54) is 5.56 Å². The predicted octanol–water partition coefficient (Wildman–Crippen LogP) is 4.28. The summed E-state index contributed by atoms with van der Waals surface area (Å²) in [5, 5.41) is 10.5. The van der Waals surface area contributed by atoms with Gasteiger partial charge < -0.3 is 10.6 Å². The Hall–Kier alpha value is -3.13. The quantitative estimate of drug-likeness (QED) is 0.672. The van der Waals surface area contributed by atoms with Crippen molar-refractivity contribution in [3.63, 3.8) is 0 Å². The Morgan fingerprint density at radius 3 is 2.55 bits per heavy atom. The molecule has 1 aliphatic heterocycles. The summed E-state index contributed by atoms with van der Waals surface area (Å²) in [6.07, 6.45) is 3.63. The van der Waals surface area contributed by atoms with Gasteiger partial charge in [0.15, 0.2) is 0 Å². The molecule has 0 fully saturated rings. The molecule has 0 unspecified atom stereocenters. The van der Waals surface area contributed by atoms with E-state index in [-0.39, 0.29) is 10.9 Å². The second-order valence-electron chi connectivity index (χ2n) is 7.21. The third-order valence-corrected chi connectivity index (χ3v) is 6.19. The van der Waals surface area contributed by atoms with Crippen molar-refractivity contribution in [2.75, 3.05) is 10.6 Å². The van der Waals surface area contributed by atoms with Crippen molar-refractivity contribution in [1.29, 1.82) is 0 Å². The Bertz CT molecular complexity index is 1180.